The Hall–Kier alpha value is -0.840. The zero-order valence-corrected chi connectivity index (χ0v) is 9.80. The second-order valence-electron chi connectivity index (χ2n) is 4.12. The summed E-state index contributed by atoms with van der Waals surface area (Å²) in [6, 6.07) is 0. The number of hydrogen-bond acceptors (Lipinski definition) is 4. The fourth-order valence-corrected chi connectivity index (χ4v) is 2.97. The summed E-state index contributed by atoms with van der Waals surface area (Å²) in [5.74, 6) is 1.77. The molecule has 1 saturated carbocycles. The van der Waals surface area contributed by atoms with Gasteiger partial charge in [-0.2, -0.15) is 0 Å². The molecule has 82 valence electrons. The molecule has 0 amide bonds. The van der Waals surface area contributed by atoms with Gasteiger partial charge in [0.2, 0.25) is 5.16 Å². The lowest BCUT2D eigenvalue weighted by molar-refractivity contribution is -0.120. The second-order valence-corrected chi connectivity index (χ2v) is 5.32. The van der Waals surface area contributed by atoms with Gasteiger partial charge in [-0.1, -0.05) is 18.7 Å². The number of nitrogens with zero attached hydrogens (tertiary/aromatic N) is 2. The van der Waals surface area contributed by atoms with Crippen LogP contribution in [-0.4, -0.2) is 26.2 Å². The van der Waals surface area contributed by atoms with Crippen LogP contribution in [0.5, 0.6) is 0 Å². The summed E-state index contributed by atoms with van der Waals surface area (Å²) in [5, 5.41) is 8.01. The second kappa shape index (κ2) is 4.35. The number of aromatic nitrogens is 3. The number of carbonyl (C=O) groups is 1. The van der Waals surface area contributed by atoms with E-state index in [-0.39, 0.29) is 0 Å². The predicted octanol–water partition coefficient (Wildman–Crippen LogP) is 1.96. The quantitative estimate of drug-likeness (QED) is 0.836. The van der Waals surface area contributed by atoms with Gasteiger partial charge in [0.25, 0.3) is 0 Å². The van der Waals surface area contributed by atoms with Gasteiger partial charge in [0, 0.05) is 18.1 Å². The van der Waals surface area contributed by atoms with E-state index in [9.17, 15) is 4.79 Å². The van der Waals surface area contributed by atoms with Crippen molar-refractivity contribution in [1.82, 2.24) is 15.2 Å². The first kappa shape index (κ1) is 10.7. The molecule has 2 unspecified atom stereocenters. The maximum Gasteiger partial charge on any atom is 0.208 e. The Labute approximate surface area is 93.2 Å². The van der Waals surface area contributed by atoms with Crippen LogP contribution in [0.2, 0.25) is 0 Å². The van der Waals surface area contributed by atoms with Crippen molar-refractivity contribution in [1.29, 1.82) is 0 Å². The Kier molecular flexibility index (Phi) is 3.09. The lowest BCUT2D eigenvalue weighted by Gasteiger charge is -2.25. The number of H-pyrrole nitrogens is 1. The molecule has 15 heavy (non-hydrogen) atoms. The molecule has 1 aliphatic rings. The number of aryl methyl sites for hydroxylation is 1. The number of nitrogens with one attached hydrogen (secondary N) is 1. The maximum atomic E-state index is 11.4. The lowest BCUT2D eigenvalue weighted by Crippen LogP contribution is -2.25. The number of rotatable bonds is 2. The van der Waals surface area contributed by atoms with E-state index >= 15 is 0 Å². The fraction of sp³-hybridized carbons (Fsp3) is 0.700. The van der Waals surface area contributed by atoms with Crippen LogP contribution in [0.4, 0.5) is 0 Å². The lowest BCUT2D eigenvalue weighted by atomic mass is 9.89. The van der Waals surface area contributed by atoms with Crippen molar-refractivity contribution < 1.29 is 4.79 Å². The molecule has 0 aromatic carbocycles. The van der Waals surface area contributed by atoms with E-state index in [4.69, 9.17) is 0 Å². The molecule has 2 rings (SSSR count). The van der Waals surface area contributed by atoms with Crippen LogP contribution in [0, 0.1) is 12.8 Å². The van der Waals surface area contributed by atoms with Gasteiger partial charge in [0.05, 0.1) is 0 Å². The Bertz CT molecular complexity index is 363. The molecule has 0 saturated heterocycles. The minimum Gasteiger partial charge on any atom is -0.300 e. The molecule has 0 spiro atoms. The monoisotopic (exact) mass is 225 g/mol. The summed E-state index contributed by atoms with van der Waals surface area (Å²) in [6.45, 7) is 4.08. The Morgan fingerprint density at radius 1 is 1.53 bits per heavy atom. The van der Waals surface area contributed by atoms with E-state index in [1.807, 2.05) is 6.92 Å². The highest BCUT2D eigenvalue weighted by molar-refractivity contribution is 7.99. The minimum atomic E-state index is 0.349. The number of hydrogen-bond donors (Lipinski definition) is 1. The average Bonchev–Trinajstić information content (AvgIpc) is 2.58. The van der Waals surface area contributed by atoms with Crippen molar-refractivity contribution >= 4 is 17.5 Å². The first-order valence-electron chi connectivity index (χ1n) is 5.22. The SMILES string of the molecule is Cc1nc(SC2CC(=O)CCC2C)n[nH]1. The third-order valence-corrected chi connectivity index (χ3v) is 4.10. The van der Waals surface area contributed by atoms with E-state index in [2.05, 4.69) is 22.1 Å². The zero-order valence-electron chi connectivity index (χ0n) is 8.99. The number of carbonyl (C=O) groups excluding carboxylic acids is 1. The van der Waals surface area contributed by atoms with Crippen LogP contribution >= 0.6 is 11.8 Å². The topological polar surface area (TPSA) is 58.6 Å². The third-order valence-electron chi connectivity index (χ3n) is 2.78. The molecular formula is C10H15N3OS. The molecular weight excluding hydrogens is 210 g/mol. The van der Waals surface area contributed by atoms with Gasteiger partial charge >= 0.3 is 0 Å². The van der Waals surface area contributed by atoms with Crippen LogP contribution < -0.4 is 0 Å². The van der Waals surface area contributed by atoms with Gasteiger partial charge < -0.3 is 0 Å². The van der Waals surface area contributed by atoms with E-state index in [1.54, 1.807) is 11.8 Å². The fourth-order valence-electron chi connectivity index (χ4n) is 1.77. The van der Waals surface area contributed by atoms with Gasteiger partial charge in [-0.25, -0.2) is 4.98 Å². The molecule has 1 aromatic heterocycles. The molecule has 1 aliphatic carbocycles. The van der Waals surface area contributed by atoms with Crippen molar-refractivity contribution in [3.05, 3.63) is 5.82 Å². The van der Waals surface area contributed by atoms with Gasteiger partial charge in [0.15, 0.2) is 0 Å². The molecule has 0 bridgehead atoms. The Balaban J connectivity index is 2.01. The van der Waals surface area contributed by atoms with Gasteiger partial charge in [-0.05, 0) is 19.3 Å². The molecule has 2 atom stereocenters. The third kappa shape index (κ3) is 2.59. The number of ketones is 1. The highest BCUT2D eigenvalue weighted by atomic mass is 32.2. The molecule has 1 N–H and O–H groups in total. The van der Waals surface area contributed by atoms with Crippen LogP contribution in [0.3, 0.4) is 0 Å². The smallest absolute Gasteiger partial charge is 0.208 e. The van der Waals surface area contributed by atoms with E-state index in [0.29, 0.717) is 23.4 Å². The summed E-state index contributed by atoms with van der Waals surface area (Å²) < 4.78 is 0. The summed E-state index contributed by atoms with van der Waals surface area (Å²) in [5.41, 5.74) is 0. The van der Waals surface area contributed by atoms with Crippen molar-refractivity contribution in [3.63, 3.8) is 0 Å². The van der Waals surface area contributed by atoms with E-state index < -0.39 is 0 Å². The summed E-state index contributed by atoms with van der Waals surface area (Å²) in [4.78, 5) is 15.6. The number of thioether (sulfide) groups is 1. The molecule has 5 heteroatoms. The number of Topliss-reactive ketones (excluding diaryl/α,β-unsaturated/α-hetero) is 1. The highest BCUT2D eigenvalue weighted by Gasteiger charge is 2.27. The van der Waals surface area contributed by atoms with E-state index in [0.717, 1.165) is 23.8 Å². The molecule has 1 aromatic rings. The first-order valence-corrected chi connectivity index (χ1v) is 6.10. The van der Waals surface area contributed by atoms with Crippen LogP contribution in [0.15, 0.2) is 5.16 Å². The zero-order chi connectivity index (χ0) is 10.8. The standard InChI is InChI=1S/C10H15N3OS/c1-6-3-4-8(14)5-9(6)15-10-11-7(2)12-13-10/h6,9H,3-5H2,1-2H3,(H,11,12,13). The predicted molar refractivity (Wildman–Crippen MR) is 58.8 cm³/mol. The average molecular weight is 225 g/mol. The van der Waals surface area contributed by atoms with Gasteiger partial charge in [-0.15, -0.1) is 5.10 Å². The van der Waals surface area contributed by atoms with Gasteiger partial charge in [0.1, 0.15) is 11.6 Å². The summed E-state index contributed by atoms with van der Waals surface area (Å²) in [7, 11) is 0. The van der Waals surface area contributed by atoms with Crippen molar-refractivity contribution in [2.45, 2.75) is 43.5 Å². The summed E-state index contributed by atoms with van der Waals surface area (Å²) in [6.07, 6.45) is 2.41. The van der Waals surface area contributed by atoms with Crippen molar-refractivity contribution in [2.75, 3.05) is 0 Å². The minimum absolute atomic E-state index is 0.349. The molecule has 1 heterocycles. The molecule has 4 nitrogen and oxygen atoms in total. The largest absolute Gasteiger partial charge is 0.300 e. The van der Waals surface area contributed by atoms with Crippen LogP contribution in [-0.2, 0) is 4.79 Å². The number of aromatic amines is 1. The van der Waals surface area contributed by atoms with Crippen LogP contribution in [0.25, 0.3) is 0 Å². The first-order chi connectivity index (χ1) is 7.15. The normalized spacial score (nSPS) is 26.9. The summed E-state index contributed by atoms with van der Waals surface area (Å²) >= 11 is 1.62. The highest BCUT2D eigenvalue weighted by Crippen LogP contribution is 2.34. The Morgan fingerprint density at radius 2 is 2.33 bits per heavy atom. The Morgan fingerprint density at radius 3 is 3.00 bits per heavy atom. The molecule has 0 radical (unpaired) electrons. The maximum absolute atomic E-state index is 11.4. The van der Waals surface area contributed by atoms with Crippen molar-refractivity contribution in [3.8, 4) is 0 Å². The van der Waals surface area contributed by atoms with Crippen molar-refractivity contribution in [2.24, 2.45) is 5.92 Å². The molecule has 1 fully saturated rings. The molecule has 0 aliphatic heterocycles. The van der Waals surface area contributed by atoms with Gasteiger partial charge in [-0.3, -0.25) is 9.89 Å². The van der Waals surface area contributed by atoms with Crippen LogP contribution in [0.1, 0.15) is 32.0 Å². The van der Waals surface area contributed by atoms with E-state index in [1.165, 1.54) is 0 Å².